The van der Waals surface area contributed by atoms with Crippen molar-refractivity contribution >= 4 is 102 Å². The van der Waals surface area contributed by atoms with Crippen LogP contribution in [0.3, 0.4) is 0 Å². The van der Waals surface area contributed by atoms with Gasteiger partial charge in [0.25, 0.3) is 0 Å². The van der Waals surface area contributed by atoms with Gasteiger partial charge in [-0.2, -0.15) is 9.97 Å². The van der Waals surface area contributed by atoms with Crippen LogP contribution in [0.25, 0.3) is 102 Å². The summed E-state index contributed by atoms with van der Waals surface area (Å²) in [5.41, 5.74) is 9.58. The minimum Gasteiger partial charge on any atom is -0.309 e. The van der Waals surface area contributed by atoms with Gasteiger partial charge in [-0.1, -0.05) is 140 Å². The molecule has 0 aliphatic carbocycles. The average molecular weight is 854 g/mol. The second kappa shape index (κ2) is 14.8. The van der Waals surface area contributed by atoms with E-state index in [1.54, 1.807) is 0 Å². The van der Waals surface area contributed by atoms with Crippen molar-refractivity contribution in [1.29, 1.82) is 0 Å². The molecule has 0 spiro atoms. The molecular weight excluding hydrogens is 819 g/mol. The van der Waals surface area contributed by atoms with Crippen LogP contribution in [0.4, 0.5) is 17.3 Å². The number of nitrogens with zero attached hydrogens (tertiary/aromatic N) is 5. The van der Waals surface area contributed by atoms with E-state index in [1.165, 1.54) is 62.2 Å². The standard InChI is InChI=1S/C57H35N5S2/c1-4-14-38(15-5-1)55-58-56(39-16-6-2-7-17-39)60-57(59-55)61(40-18-8-3-9-19-40)41-28-24-36(25-29-41)37-26-30-42(31-27-37)62-45-32-34-49-51(43-20-10-12-22-47(43)63-49)53(45)54-46(62)33-35-50-52(54)44-21-11-13-23-48(44)64-50/h1-35H. The maximum atomic E-state index is 5.10. The minimum atomic E-state index is 0.544. The molecule has 64 heavy (non-hydrogen) atoms. The molecule has 0 unspecified atom stereocenters. The second-order valence-electron chi connectivity index (χ2n) is 16.0. The molecule has 0 atom stereocenters. The summed E-state index contributed by atoms with van der Waals surface area (Å²) in [6.45, 7) is 0. The second-order valence-corrected chi connectivity index (χ2v) is 18.1. The predicted octanol–water partition coefficient (Wildman–Crippen LogP) is 16.2. The van der Waals surface area contributed by atoms with Gasteiger partial charge in [-0.3, -0.25) is 4.90 Å². The number of thiophene rings is 2. The van der Waals surface area contributed by atoms with Crippen molar-refractivity contribution < 1.29 is 0 Å². The Balaban J connectivity index is 0.929. The zero-order chi connectivity index (χ0) is 42.1. The smallest absolute Gasteiger partial charge is 0.238 e. The maximum Gasteiger partial charge on any atom is 0.238 e. The van der Waals surface area contributed by atoms with Crippen molar-refractivity contribution in [2.75, 3.05) is 4.90 Å². The van der Waals surface area contributed by atoms with Crippen LogP contribution in [0, 0.1) is 0 Å². The molecule has 0 radical (unpaired) electrons. The van der Waals surface area contributed by atoms with Gasteiger partial charge in [0.05, 0.1) is 11.0 Å². The van der Waals surface area contributed by atoms with Crippen LogP contribution in [0.1, 0.15) is 0 Å². The average Bonchev–Trinajstić information content (AvgIpc) is 4.05. The van der Waals surface area contributed by atoms with E-state index in [2.05, 4.69) is 143 Å². The van der Waals surface area contributed by atoms with Gasteiger partial charge in [0.15, 0.2) is 11.6 Å². The number of hydrogen-bond donors (Lipinski definition) is 0. The molecular formula is C57H35N5S2. The molecule has 9 aromatic carbocycles. The summed E-state index contributed by atoms with van der Waals surface area (Å²) >= 11 is 3.76. The maximum absolute atomic E-state index is 5.10. The number of hydrogen-bond acceptors (Lipinski definition) is 6. The molecule has 0 amide bonds. The molecule has 0 bridgehead atoms. The summed E-state index contributed by atoms with van der Waals surface area (Å²) in [4.78, 5) is 17.3. The van der Waals surface area contributed by atoms with Crippen LogP contribution in [0.5, 0.6) is 0 Å². The lowest BCUT2D eigenvalue weighted by molar-refractivity contribution is 1.02. The number of benzene rings is 9. The molecule has 0 aliphatic heterocycles. The minimum absolute atomic E-state index is 0.544. The Kier molecular flexibility index (Phi) is 8.50. The van der Waals surface area contributed by atoms with E-state index in [0.29, 0.717) is 17.6 Å². The van der Waals surface area contributed by atoms with Crippen LogP contribution in [-0.4, -0.2) is 19.5 Å². The van der Waals surface area contributed by atoms with Gasteiger partial charge in [0.1, 0.15) is 0 Å². The number of anilines is 3. The van der Waals surface area contributed by atoms with E-state index in [4.69, 9.17) is 15.0 Å². The number of para-hydroxylation sites is 1. The fourth-order valence-electron chi connectivity index (χ4n) is 9.36. The molecule has 5 nitrogen and oxygen atoms in total. The molecule has 13 aromatic rings. The highest BCUT2D eigenvalue weighted by Crippen LogP contribution is 2.48. The van der Waals surface area contributed by atoms with Crippen molar-refractivity contribution in [2.45, 2.75) is 0 Å². The largest absolute Gasteiger partial charge is 0.309 e. The molecule has 0 aliphatic rings. The van der Waals surface area contributed by atoms with Gasteiger partial charge in [-0.05, 0) is 83.9 Å². The van der Waals surface area contributed by atoms with E-state index >= 15 is 0 Å². The number of rotatable bonds is 7. The quantitative estimate of drug-likeness (QED) is 0.160. The van der Waals surface area contributed by atoms with Crippen LogP contribution in [0.15, 0.2) is 212 Å². The monoisotopic (exact) mass is 853 g/mol. The Morgan fingerprint density at radius 1 is 0.328 bits per heavy atom. The SMILES string of the molecule is c1ccc(-c2nc(-c3ccccc3)nc(N(c3ccccc3)c3ccc(-c4ccc(-n5c6ccc7sc8ccccc8c7c6c6c7c(ccc65)sc5ccccc57)cc4)cc3)n2)cc1. The Bertz CT molecular complexity index is 3690. The highest BCUT2D eigenvalue weighted by Gasteiger charge is 2.23. The number of aromatic nitrogens is 4. The Morgan fingerprint density at radius 3 is 1.28 bits per heavy atom. The van der Waals surface area contributed by atoms with Crippen LogP contribution in [-0.2, 0) is 0 Å². The molecule has 4 aromatic heterocycles. The van der Waals surface area contributed by atoms with Crippen LogP contribution in [0.2, 0.25) is 0 Å². The zero-order valence-electron chi connectivity index (χ0n) is 34.3. The van der Waals surface area contributed by atoms with Gasteiger partial charge in [0.2, 0.25) is 5.95 Å². The van der Waals surface area contributed by atoms with E-state index in [1.807, 2.05) is 102 Å². The predicted molar refractivity (Wildman–Crippen MR) is 271 cm³/mol. The normalized spacial score (nSPS) is 11.8. The summed E-state index contributed by atoms with van der Waals surface area (Å²) in [5.74, 6) is 1.78. The Hall–Kier alpha value is -7.97. The molecule has 0 saturated carbocycles. The first kappa shape index (κ1) is 36.7. The molecule has 4 heterocycles. The van der Waals surface area contributed by atoms with Crippen molar-refractivity contribution in [1.82, 2.24) is 19.5 Å². The van der Waals surface area contributed by atoms with E-state index < -0.39 is 0 Å². The molecule has 13 rings (SSSR count). The highest BCUT2D eigenvalue weighted by atomic mass is 32.1. The summed E-state index contributed by atoms with van der Waals surface area (Å²) in [6.07, 6.45) is 0. The first-order valence-corrected chi connectivity index (χ1v) is 23.0. The van der Waals surface area contributed by atoms with Gasteiger partial charge in [-0.25, -0.2) is 4.98 Å². The van der Waals surface area contributed by atoms with E-state index in [-0.39, 0.29) is 0 Å². The van der Waals surface area contributed by atoms with Gasteiger partial charge in [-0.15, -0.1) is 22.7 Å². The van der Waals surface area contributed by atoms with Gasteiger partial charge >= 0.3 is 0 Å². The van der Waals surface area contributed by atoms with Crippen molar-refractivity contribution in [3.05, 3.63) is 212 Å². The molecule has 0 saturated heterocycles. The third-order valence-electron chi connectivity index (χ3n) is 12.3. The highest BCUT2D eigenvalue weighted by molar-refractivity contribution is 7.26. The first-order valence-electron chi connectivity index (χ1n) is 21.4. The number of fused-ring (bicyclic) bond motifs is 11. The van der Waals surface area contributed by atoms with E-state index in [9.17, 15) is 0 Å². The topological polar surface area (TPSA) is 46.8 Å². The first-order chi connectivity index (χ1) is 31.7. The summed E-state index contributed by atoms with van der Waals surface area (Å²) in [7, 11) is 0. The van der Waals surface area contributed by atoms with Crippen molar-refractivity contribution in [2.24, 2.45) is 0 Å². The van der Waals surface area contributed by atoms with E-state index in [0.717, 1.165) is 39.3 Å². The Morgan fingerprint density at radius 2 is 0.766 bits per heavy atom. The third-order valence-corrected chi connectivity index (χ3v) is 14.5. The van der Waals surface area contributed by atoms with Gasteiger partial charge in [0, 0.05) is 79.3 Å². The molecule has 300 valence electrons. The van der Waals surface area contributed by atoms with Gasteiger partial charge < -0.3 is 4.57 Å². The lowest BCUT2D eigenvalue weighted by atomic mass is 10.0. The zero-order valence-corrected chi connectivity index (χ0v) is 35.9. The van der Waals surface area contributed by atoms with Crippen LogP contribution < -0.4 is 4.90 Å². The third kappa shape index (κ3) is 5.93. The fraction of sp³-hybridized carbons (Fsp3) is 0. The Labute approximate surface area is 376 Å². The summed E-state index contributed by atoms with van der Waals surface area (Å²) < 4.78 is 7.74. The van der Waals surface area contributed by atoms with Crippen molar-refractivity contribution in [3.8, 4) is 39.6 Å². The van der Waals surface area contributed by atoms with Crippen molar-refractivity contribution in [3.63, 3.8) is 0 Å². The molecule has 0 fully saturated rings. The fourth-order valence-corrected chi connectivity index (χ4v) is 11.6. The summed E-state index contributed by atoms with van der Waals surface area (Å²) in [5, 5.41) is 7.97. The lowest BCUT2D eigenvalue weighted by Gasteiger charge is -2.24. The van der Waals surface area contributed by atoms with Crippen LogP contribution >= 0.6 is 22.7 Å². The molecule has 0 N–H and O–H groups in total. The lowest BCUT2D eigenvalue weighted by Crippen LogP contribution is -2.15. The summed E-state index contributed by atoms with van der Waals surface area (Å²) in [6, 6.07) is 75.2. The molecule has 7 heteroatoms.